The lowest BCUT2D eigenvalue weighted by molar-refractivity contribution is 0.177. The number of aromatic nitrogens is 2. The summed E-state index contributed by atoms with van der Waals surface area (Å²) in [6, 6.07) is 2.01. The standard InChI is InChI=1S/C14H19N3OS/c15-10-14(5-2-1-3-6-14)8-12-16-13(17-18-12)11-4-7-19-9-11/h4,7,9H,1-3,5-6,8,10,15H2. The predicted octanol–water partition coefficient (Wildman–Crippen LogP) is 3.25. The van der Waals surface area contributed by atoms with Crippen LogP contribution in [0.4, 0.5) is 0 Å². The third-order valence-corrected chi connectivity index (χ3v) is 4.80. The smallest absolute Gasteiger partial charge is 0.227 e. The molecule has 19 heavy (non-hydrogen) atoms. The van der Waals surface area contributed by atoms with Crippen LogP contribution in [0.5, 0.6) is 0 Å². The van der Waals surface area contributed by atoms with Crippen molar-refractivity contribution in [1.29, 1.82) is 0 Å². The SMILES string of the molecule is NCC1(Cc2nc(-c3ccsc3)no2)CCCCC1. The van der Waals surface area contributed by atoms with E-state index in [4.69, 9.17) is 10.3 Å². The number of thiophene rings is 1. The maximum Gasteiger partial charge on any atom is 0.227 e. The van der Waals surface area contributed by atoms with Crippen LogP contribution in [-0.4, -0.2) is 16.7 Å². The minimum Gasteiger partial charge on any atom is -0.339 e. The van der Waals surface area contributed by atoms with Crippen LogP contribution in [0.25, 0.3) is 11.4 Å². The minimum atomic E-state index is 0.177. The number of nitrogens with two attached hydrogens (primary N) is 1. The molecule has 0 radical (unpaired) electrons. The fourth-order valence-electron chi connectivity index (χ4n) is 2.91. The Morgan fingerprint density at radius 1 is 1.32 bits per heavy atom. The fourth-order valence-corrected chi connectivity index (χ4v) is 3.55. The van der Waals surface area contributed by atoms with Crippen molar-refractivity contribution >= 4 is 11.3 Å². The molecular weight excluding hydrogens is 258 g/mol. The lowest BCUT2D eigenvalue weighted by Gasteiger charge is -2.34. The van der Waals surface area contributed by atoms with Gasteiger partial charge in [0.1, 0.15) is 0 Å². The van der Waals surface area contributed by atoms with Gasteiger partial charge in [-0.05, 0) is 36.2 Å². The average molecular weight is 277 g/mol. The summed E-state index contributed by atoms with van der Waals surface area (Å²) in [5, 5.41) is 8.13. The van der Waals surface area contributed by atoms with Crippen LogP contribution in [-0.2, 0) is 6.42 Å². The topological polar surface area (TPSA) is 64.9 Å². The van der Waals surface area contributed by atoms with Crippen molar-refractivity contribution in [3.8, 4) is 11.4 Å². The zero-order valence-electron chi connectivity index (χ0n) is 11.0. The van der Waals surface area contributed by atoms with E-state index in [1.54, 1.807) is 11.3 Å². The van der Waals surface area contributed by atoms with Crippen molar-refractivity contribution in [2.75, 3.05) is 6.54 Å². The van der Waals surface area contributed by atoms with E-state index in [1.165, 1.54) is 32.1 Å². The molecule has 1 fully saturated rings. The molecule has 1 aliphatic rings. The second-order valence-electron chi connectivity index (χ2n) is 5.47. The summed E-state index contributed by atoms with van der Waals surface area (Å²) in [5.41, 5.74) is 7.21. The van der Waals surface area contributed by atoms with E-state index < -0.39 is 0 Å². The van der Waals surface area contributed by atoms with Crippen LogP contribution in [0, 0.1) is 5.41 Å². The van der Waals surface area contributed by atoms with Gasteiger partial charge in [-0.2, -0.15) is 16.3 Å². The van der Waals surface area contributed by atoms with Crippen LogP contribution in [0.3, 0.4) is 0 Å². The molecule has 0 atom stereocenters. The Balaban J connectivity index is 1.76. The molecular formula is C14H19N3OS. The Labute approximate surface area is 117 Å². The Bertz CT molecular complexity index is 515. The van der Waals surface area contributed by atoms with Crippen molar-refractivity contribution in [3.05, 3.63) is 22.7 Å². The first-order valence-electron chi connectivity index (χ1n) is 6.87. The predicted molar refractivity (Wildman–Crippen MR) is 75.9 cm³/mol. The highest BCUT2D eigenvalue weighted by atomic mass is 32.1. The highest BCUT2D eigenvalue weighted by molar-refractivity contribution is 7.08. The quantitative estimate of drug-likeness (QED) is 0.931. The maximum absolute atomic E-state index is 6.00. The van der Waals surface area contributed by atoms with Gasteiger partial charge in [-0.1, -0.05) is 24.4 Å². The molecule has 0 amide bonds. The second kappa shape index (κ2) is 5.43. The summed E-state index contributed by atoms with van der Waals surface area (Å²) in [4.78, 5) is 4.51. The van der Waals surface area contributed by atoms with Crippen molar-refractivity contribution < 1.29 is 4.52 Å². The van der Waals surface area contributed by atoms with Crippen LogP contribution in [0.15, 0.2) is 21.3 Å². The number of rotatable bonds is 4. The molecule has 0 aromatic carbocycles. The lowest BCUT2D eigenvalue weighted by atomic mass is 9.72. The van der Waals surface area contributed by atoms with Crippen molar-refractivity contribution in [2.24, 2.45) is 11.1 Å². The highest BCUT2D eigenvalue weighted by Crippen LogP contribution is 2.38. The first kappa shape index (κ1) is 12.8. The molecule has 3 rings (SSSR count). The van der Waals surface area contributed by atoms with Gasteiger partial charge in [-0.3, -0.25) is 0 Å². The summed E-state index contributed by atoms with van der Waals surface area (Å²) in [6.45, 7) is 0.711. The number of nitrogens with zero attached hydrogens (tertiary/aromatic N) is 2. The second-order valence-corrected chi connectivity index (χ2v) is 6.25. The molecule has 4 nitrogen and oxygen atoms in total. The maximum atomic E-state index is 6.00. The van der Waals surface area contributed by atoms with Gasteiger partial charge in [0.25, 0.3) is 0 Å². The fraction of sp³-hybridized carbons (Fsp3) is 0.571. The van der Waals surface area contributed by atoms with Gasteiger partial charge >= 0.3 is 0 Å². The number of hydrogen-bond acceptors (Lipinski definition) is 5. The summed E-state index contributed by atoms with van der Waals surface area (Å²) in [6.07, 6.45) is 7.04. The molecule has 2 aromatic rings. The van der Waals surface area contributed by atoms with Gasteiger partial charge in [0.05, 0.1) is 0 Å². The first-order chi connectivity index (χ1) is 9.31. The van der Waals surface area contributed by atoms with Gasteiger partial charge in [-0.15, -0.1) is 0 Å². The first-order valence-corrected chi connectivity index (χ1v) is 7.81. The third-order valence-electron chi connectivity index (χ3n) is 4.12. The molecule has 1 saturated carbocycles. The Hall–Kier alpha value is -1.20. The van der Waals surface area contributed by atoms with Gasteiger partial charge < -0.3 is 10.3 Å². The van der Waals surface area contributed by atoms with Crippen LogP contribution < -0.4 is 5.73 Å². The summed E-state index contributed by atoms with van der Waals surface area (Å²) in [5.74, 6) is 1.42. The largest absolute Gasteiger partial charge is 0.339 e. The summed E-state index contributed by atoms with van der Waals surface area (Å²) < 4.78 is 5.41. The Kier molecular flexibility index (Phi) is 3.66. The van der Waals surface area contributed by atoms with E-state index >= 15 is 0 Å². The van der Waals surface area contributed by atoms with Gasteiger partial charge in [0, 0.05) is 17.4 Å². The molecule has 1 aliphatic carbocycles. The molecule has 0 bridgehead atoms. The third kappa shape index (κ3) is 2.72. The lowest BCUT2D eigenvalue weighted by Crippen LogP contribution is -2.35. The highest BCUT2D eigenvalue weighted by Gasteiger charge is 2.32. The van der Waals surface area contributed by atoms with E-state index in [-0.39, 0.29) is 5.41 Å². The molecule has 2 N–H and O–H groups in total. The molecule has 5 heteroatoms. The van der Waals surface area contributed by atoms with Crippen LogP contribution >= 0.6 is 11.3 Å². The molecule has 0 aliphatic heterocycles. The molecule has 102 valence electrons. The van der Waals surface area contributed by atoms with E-state index in [0.717, 1.165) is 17.9 Å². The van der Waals surface area contributed by atoms with Gasteiger partial charge in [-0.25, -0.2) is 0 Å². The van der Waals surface area contributed by atoms with Gasteiger partial charge in [0.15, 0.2) is 0 Å². The van der Waals surface area contributed by atoms with Crippen molar-refractivity contribution in [2.45, 2.75) is 38.5 Å². The van der Waals surface area contributed by atoms with E-state index in [1.807, 2.05) is 16.8 Å². The van der Waals surface area contributed by atoms with Crippen LogP contribution in [0.2, 0.25) is 0 Å². The van der Waals surface area contributed by atoms with Crippen molar-refractivity contribution in [3.63, 3.8) is 0 Å². The van der Waals surface area contributed by atoms with E-state index in [0.29, 0.717) is 12.4 Å². The summed E-state index contributed by atoms with van der Waals surface area (Å²) in [7, 11) is 0. The Morgan fingerprint density at radius 3 is 2.84 bits per heavy atom. The zero-order valence-corrected chi connectivity index (χ0v) is 11.8. The van der Waals surface area contributed by atoms with E-state index in [9.17, 15) is 0 Å². The average Bonchev–Trinajstić information content (AvgIpc) is 3.10. The molecule has 2 heterocycles. The number of hydrogen-bond donors (Lipinski definition) is 1. The molecule has 0 saturated heterocycles. The monoisotopic (exact) mass is 277 g/mol. The molecule has 0 spiro atoms. The van der Waals surface area contributed by atoms with Crippen LogP contribution in [0.1, 0.15) is 38.0 Å². The minimum absolute atomic E-state index is 0.177. The molecule has 0 unspecified atom stereocenters. The zero-order chi connectivity index (χ0) is 13.1. The van der Waals surface area contributed by atoms with Crippen molar-refractivity contribution in [1.82, 2.24) is 10.1 Å². The van der Waals surface area contributed by atoms with Gasteiger partial charge in [0.2, 0.25) is 11.7 Å². The molecule has 2 aromatic heterocycles. The van der Waals surface area contributed by atoms with E-state index in [2.05, 4.69) is 10.1 Å². The normalized spacial score (nSPS) is 18.6. The summed E-state index contributed by atoms with van der Waals surface area (Å²) >= 11 is 1.64. The Morgan fingerprint density at radius 2 is 2.16 bits per heavy atom.